The Kier molecular flexibility index (Phi) is 6.28. The molecule has 2 aromatic rings. The molecule has 0 radical (unpaired) electrons. The van der Waals surface area contributed by atoms with E-state index in [1.807, 2.05) is 0 Å². The molecule has 3 rings (SSSR count). The molecule has 1 fully saturated rings. The number of amides is 1. The van der Waals surface area contributed by atoms with E-state index in [-0.39, 0.29) is 17.4 Å². The molecule has 1 heterocycles. The van der Waals surface area contributed by atoms with E-state index in [2.05, 4.69) is 56.4 Å². The Morgan fingerprint density at radius 2 is 2.10 bits per heavy atom. The molecule has 0 unspecified atom stereocenters. The molecular weight excluding hydrogens is 382 g/mol. The topological polar surface area (TPSA) is 67.4 Å². The Labute approximate surface area is 176 Å². The van der Waals surface area contributed by atoms with E-state index in [4.69, 9.17) is 4.74 Å². The Hall–Kier alpha value is -2.39. The van der Waals surface area contributed by atoms with Crippen molar-refractivity contribution in [3.8, 4) is 11.8 Å². The van der Waals surface area contributed by atoms with Gasteiger partial charge in [-0.05, 0) is 48.8 Å². The van der Waals surface area contributed by atoms with E-state index in [9.17, 15) is 10.1 Å². The monoisotopic (exact) mass is 411 g/mol. The van der Waals surface area contributed by atoms with Crippen LogP contribution in [-0.2, 0) is 12.0 Å². The van der Waals surface area contributed by atoms with Gasteiger partial charge in [-0.15, -0.1) is 11.3 Å². The third kappa shape index (κ3) is 5.16. The summed E-state index contributed by atoms with van der Waals surface area (Å²) in [6, 6.07) is 7.10. The highest BCUT2D eigenvalue weighted by molar-refractivity contribution is 7.09. The molecule has 1 aromatic carbocycles. The fraction of sp³-hybridized carbons (Fsp3) is 0.522. The number of hydrogen-bond acceptors (Lipinski definition) is 4. The maximum atomic E-state index is 13.1. The molecule has 154 valence electrons. The molecule has 6 heteroatoms. The summed E-state index contributed by atoms with van der Waals surface area (Å²) >= 11 is 1.55. The highest BCUT2D eigenvalue weighted by Crippen LogP contribution is 2.29. The van der Waals surface area contributed by atoms with Crippen LogP contribution in [0, 0.1) is 17.2 Å². The standard InChI is InChI=1S/C23H29N3O2S/c1-15(2)13-26-14-20(23(3,4)5)29-22(26)25-21(27)18-11-16(12-24)9-10-19(18)28-17-7-6-8-17/h9-11,14-15,17H,6-8,13H2,1-5H3. The van der Waals surface area contributed by atoms with Crippen LogP contribution in [0.3, 0.4) is 0 Å². The Balaban J connectivity index is 2.03. The number of nitriles is 1. The number of ether oxygens (including phenoxy) is 1. The largest absolute Gasteiger partial charge is 0.490 e. The number of carbonyl (C=O) groups is 1. The smallest absolute Gasteiger partial charge is 0.283 e. The van der Waals surface area contributed by atoms with Crippen molar-refractivity contribution in [3.63, 3.8) is 0 Å². The zero-order valence-electron chi connectivity index (χ0n) is 17.9. The van der Waals surface area contributed by atoms with Crippen LogP contribution in [0.25, 0.3) is 0 Å². The summed E-state index contributed by atoms with van der Waals surface area (Å²) in [4.78, 5) is 19.4. The molecule has 29 heavy (non-hydrogen) atoms. The Morgan fingerprint density at radius 1 is 1.38 bits per heavy atom. The van der Waals surface area contributed by atoms with Gasteiger partial charge in [-0.1, -0.05) is 34.6 Å². The average Bonchev–Trinajstić information content (AvgIpc) is 3.00. The molecule has 1 aromatic heterocycles. The zero-order valence-corrected chi connectivity index (χ0v) is 18.7. The molecule has 0 aliphatic heterocycles. The van der Waals surface area contributed by atoms with Crippen molar-refractivity contribution in [1.29, 1.82) is 5.26 Å². The lowest BCUT2D eigenvalue weighted by Crippen LogP contribution is -2.25. The lowest BCUT2D eigenvalue weighted by atomic mass is 9.95. The summed E-state index contributed by atoms with van der Waals surface area (Å²) in [5.74, 6) is 0.590. The quantitative estimate of drug-likeness (QED) is 0.692. The van der Waals surface area contributed by atoms with Crippen LogP contribution >= 0.6 is 11.3 Å². The number of benzene rings is 1. The van der Waals surface area contributed by atoms with Crippen LogP contribution in [-0.4, -0.2) is 16.6 Å². The molecule has 0 atom stereocenters. The zero-order chi connectivity index (χ0) is 21.2. The lowest BCUT2D eigenvalue weighted by Gasteiger charge is -2.27. The third-order valence-corrected chi connectivity index (χ3v) is 6.35. The summed E-state index contributed by atoms with van der Waals surface area (Å²) < 4.78 is 8.06. The molecule has 0 bridgehead atoms. The Bertz CT molecular complexity index is 998. The molecular formula is C23H29N3O2S. The van der Waals surface area contributed by atoms with Crippen molar-refractivity contribution in [2.45, 2.75) is 71.9 Å². The number of thiazole rings is 1. The van der Waals surface area contributed by atoms with Gasteiger partial charge in [0.15, 0.2) is 4.80 Å². The lowest BCUT2D eigenvalue weighted by molar-refractivity contribution is 0.0969. The van der Waals surface area contributed by atoms with Crippen molar-refractivity contribution >= 4 is 17.2 Å². The van der Waals surface area contributed by atoms with Gasteiger partial charge in [-0.2, -0.15) is 10.3 Å². The van der Waals surface area contributed by atoms with Crippen LogP contribution in [0.4, 0.5) is 0 Å². The molecule has 0 spiro atoms. The van der Waals surface area contributed by atoms with Gasteiger partial charge in [0, 0.05) is 17.6 Å². The second-order valence-corrected chi connectivity index (χ2v) is 10.1. The number of hydrogen-bond donors (Lipinski definition) is 0. The van der Waals surface area contributed by atoms with Gasteiger partial charge < -0.3 is 9.30 Å². The normalized spacial score (nSPS) is 15.3. The van der Waals surface area contributed by atoms with Crippen molar-refractivity contribution in [2.75, 3.05) is 0 Å². The minimum absolute atomic E-state index is 0.0145. The van der Waals surface area contributed by atoms with Gasteiger partial charge in [-0.25, -0.2) is 0 Å². The van der Waals surface area contributed by atoms with Crippen molar-refractivity contribution in [1.82, 2.24) is 4.57 Å². The summed E-state index contributed by atoms with van der Waals surface area (Å²) in [7, 11) is 0. The van der Waals surface area contributed by atoms with Crippen LogP contribution in [0.2, 0.25) is 0 Å². The summed E-state index contributed by atoms with van der Waals surface area (Å²) in [6.45, 7) is 11.6. The fourth-order valence-corrected chi connectivity index (χ4v) is 4.08. The van der Waals surface area contributed by atoms with E-state index < -0.39 is 0 Å². The molecule has 1 saturated carbocycles. The SMILES string of the molecule is CC(C)Cn1cc(C(C)(C)C)sc1=NC(=O)c1cc(C#N)ccc1OC1CCC1. The van der Waals surface area contributed by atoms with Gasteiger partial charge >= 0.3 is 0 Å². The van der Waals surface area contributed by atoms with Crippen LogP contribution in [0.5, 0.6) is 5.75 Å². The van der Waals surface area contributed by atoms with Crippen LogP contribution < -0.4 is 9.54 Å². The third-order valence-electron chi connectivity index (χ3n) is 4.90. The van der Waals surface area contributed by atoms with Crippen molar-refractivity contribution < 1.29 is 9.53 Å². The van der Waals surface area contributed by atoms with E-state index >= 15 is 0 Å². The summed E-state index contributed by atoms with van der Waals surface area (Å²) in [5, 5.41) is 9.26. The molecule has 1 aliphatic carbocycles. The number of nitrogens with zero attached hydrogens (tertiary/aromatic N) is 3. The van der Waals surface area contributed by atoms with Gasteiger partial charge in [0.25, 0.3) is 5.91 Å². The molecule has 1 aliphatic rings. The maximum absolute atomic E-state index is 13.1. The second kappa shape index (κ2) is 8.54. The molecule has 5 nitrogen and oxygen atoms in total. The van der Waals surface area contributed by atoms with Crippen molar-refractivity contribution in [2.24, 2.45) is 10.9 Å². The van der Waals surface area contributed by atoms with Gasteiger partial charge in [0.1, 0.15) is 5.75 Å². The maximum Gasteiger partial charge on any atom is 0.283 e. The predicted molar refractivity (Wildman–Crippen MR) is 115 cm³/mol. The predicted octanol–water partition coefficient (Wildman–Crippen LogP) is 5.05. The average molecular weight is 412 g/mol. The van der Waals surface area contributed by atoms with Crippen molar-refractivity contribution in [3.05, 3.63) is 45.2 Å². The minimum atomic E-state index is -0.365. The van der Waals surface area contributed by atoms with Crippen LogP contribution in [0.15, 0.2) is 29.4 Å². The molecule has 0 saturated heterocycles. The first kappa shape index (κ1) is 21.3. The second-order valence-electron chi connectivity index (χ2n) is 9.08. The minimum Gasteiger partial charge on any atom is -0.490 e. The Morgan fingerprint density at radius 3 is 2.66 bits per heavy atom. The first-order valence-corrected chi connectivity index (χ1v) is 11.0. The fourth-order valence-electron chi connectivity index (χ4n) is 3.02. The van der Waals surface area contributed by atoms with Gasteiger partial charge in [-0.3, -0.25) is 4.79 Å². The number of rotatable bonds is 5. The van der Waals surface area contributed by atoms with E-state index in [0.717, 1.165) is 25.8 Å². The van der Waals surface area contributed by atoms with Gasteiger partial charge in [0.05, 0.1) is 23.3 Å². The molecule has 1 amide bonds. The molecule has 0 N–H and O–H groups in total. The highest BCUT2D eigenvalue weighted by atomic mass is 32.1. The summed E-state index contributed by atoms with van der Waals surface area (Å²) in [5.41, 5.74) is 0.776. The van der Waals surface area contributed by atoms with Gasteiger partial charge in [0.2, 0.25) is 0 Å². The first-order chi connectivity index (χ1) is 13.7. The highest BCUT2D eigenvalue weighted by Gasteiger charge is 2.23. The van der Waals surface area contributed by atoms with E-state index in [0.29, 0.717) is 27.6 Å². The first-order valence-electron chi connectivity index (χ1n) is 10.2. The number of carbonyl (C=O) groups excluding carboxylic acids is 1. The van der Waals surface area contributed by atoms with Crippen LogP contribution in [0.1, 0.15) is 74.7 Å². The summed E-state index contributed by atoms with van der Waals surface area (Å²) in [6.07, 6.45) is 5.40. The number of aromatic nitrogens is 1. The van der Waals surface area contributed by atoms with E-state index in [1.165, 1.54) is 4.88 Å². The van der Waals surface area contributed by atoms with E-state index in [1.54, 1.807) is 29.5 Å².